The summed E-state index contributed by atoms with van der Waals surface area (Å²) in [5.74, 6) is 1.30. The van der Waals surface area contributed by atoms with Crippen LogP contribution < -0.4 is 5.32 Å². The lowest BCUT2D eigenvalue weighted by Gasteiger charge is -2.35. The molecule has 1 aromatic heterocycles. The van der Waals surface area contributed by atoms with E-state index in [0.29, 0.717) is 5.92 Å². The minimum absolute atomic E-state index is 0.278. The van der Waals surface area contributed by atoms with E-state index in [1.807, 2.05) is 11.9 Å². The van der Waals surface area contributed by atoms with Gasteiger partial charge in [0.25, 0.3) is 0 Å². The largest absolute Gasteiger partial charge is 0.378 e. The molecule has 2 rings (SSSR count). The fourth-order valence-electron chi connectivity index (χ4n) is 2.21. The average Bonchev–Trinajstić information content (AvgIpc) is 2.34. The van der Waals surface area contributed by atoms with Crippen molar-refractivity contribution in [1.29, 1.82) is 0 Å². The minimum atomic E-state index is -0.278. The van der Waals surface area contributed by atoms with Gasteiger partial charge in [0.15, 0.2) is 0 Å². The topological polar surface area (TPSA) is 61.3 Å². The maximum Gasteiger partial charge on any atom is 0.143 e. The van der Waals surface area contributed by atoms with Gasteiger partial charge < -0.3 is 10.4 Å². The molecule has 1 fully saturated rings. The van der Waals surface area contributed by atoms with Crippen molar-refractivity contribution in [2.75, 3.05) is 25.5 Å². The minimum Gasteiger partial charge on any atom is -0.378 e. The van der Waals surface area contributed by atoms with Crippen LogP contribution in [0.1, 0.15) is 25.7 Å². The van der Waals surface area contributed by atoms with Crippen molar-refractivity contribution in [2.45, 2.75) is 31.9 Å². The summed E-state index contributed by atoms with van der Waals surface area (Å²) in [6.45, 7) is 1.71. The van der Waals surface area contributed by atoms with Crippen LogP contribution in [0.15, 0.2) is 17.0 Å². The summed E-state index contributed by atoms with van der Waals surface area (Å²) in [5, 5.41) is 13.3. The fourth-order valence-corrected chi connectivity index (χ4v) is 2.57. The van der Waals surface area contributed by atoms with E-state index in [0.717, 1.165) is 42.6 Å². The van der Waals surface area contributed by atoms with Crippen LogP contribution >= 0.6 is 15.9 Å². The Morgan fingerprint density at radius 3 is 3.00 bits per heavy atom. The van der Waals surface area contributed by atoms with E-state index in [4.69, 9.17) is 0 Å². The predicted molar refractivity (Wildman–Crippen MR) is 78.8 cm³/mol. The molecule has 0 spiro atoms. The molecule has 0 radical (unpaired) electrons. The smallest absolute Gasteiger partial charge is 0.143 e. The number of aliphatic hydroxyl groups excluding tert-OH is 1. The van der Waals surface area contributed by atoms with E-state index in [-0.39, 0.29) is 6.23 Å². The molecular formula is C13H21BrN4O. The summed E-state index contributed by atoms with van der Waals surface area (Å²) in [5.41, 5.74) is 0. The Bertz CT molecular complexity index is 400. The van der Waals surface area contributed by atoms with Crippen molar-refractivity contribution in [1.82, 2.24) is 14.9 Å². The third-order valence-electron chi connectivity index (χ3n) is 3.67. The molecule has 0 saturated heterocycles. The molecule has 0 bridgehead atoms. The third-order valence-corrected chi connectivity index (χ3v) is 4.25. The molecule has 0 aromatic carbocycles. The highest BCUT2D eigenvalue weighted by atomic mass is 79.9. The van der Waals surface area contributed by atoms with Gasteiger partial charge in [0.1, 0.15) is 18.4 Å². The van der Waals surface area contributed by atoms with Gasteiger partial charge >= 0.3 is 0 Å². The normalized spacial score (nSPS) is 17.3. The maximum atomic E-state index is 10.1. The van der Waals surface area contributed by atoms with E-state index < -0.39 is 0 Å². The second kappa shape index (κ2) is 7.17. The van der Waals surface area contributed by atoms with Crippen LogP contribution in [0.4, 0.5) is 5.82 Å². The van der Waals surface area contributed by atoms with Gasteiger partial charge in [-0.3, -0.25) is 4.90 Å². The monoisotopic (exact) mass is 328 g/mol. The van der Waals surface area contributed by atoms with E-state index in [1.165, 1.54) is 12.7 Å². The van der Waals surface area contributed by atoms with Crippen molar-refractivity contribution in [3.8, 4) is 0 Å². The van der Waals surface area contributed by atoms with Gasteiger partial charge in [0, 0.05) is 19.3 Å². The standard InChI is InChI=1S/C13H21BrN4O/c1-18(13(19)10-4-2-5-10)7-3-6-16-12-11(14)8-15-9-17-12/h8-10,13,19H,2-7H2,1H3,(H,15,16,17). The van der Waals surface area contributed by atoms with Gasteiger partial charge in [0.2, 0.25) is 0 Å². The molecule has 5 nitrogen and oxygen atoms in total. The molecule has 0 amide bonds. The van der Waals surface area contributed by atoms with Gasteiger partial charge in [-0.05, 0) is 48.2 Å². The molecule has 19 heavy (non-hydrogen) atoms. The van der Waals surface area contributed by atoms with Gasteiger partial charge in [0.05, 0.1) is 4.47 Å². The van der Waals surface area contributed by atoms with Crippen molar-refractivity contribution < 1.29 is 5.11 Å². The number of nitrogens with one attached hydrogen (secondary N) is 1. The Labute approximate surface area is 122 Å². The molecule has 1 atom stereocenters. The van der Waals surface area contributed by atoms with Crippen molar-refractivity contribution in [3.63, 3.8) is 0 Å². The number of halogens is 1. The van der Waals surface area contributed by atoms with E-state index >= 15 is 0 Å². The quantitative estimate of drug-likeness (QED) is 0.592. The van der Waals surface area contributed by atoms with Crippen molar-refractivity contribution in [2.24, 2.45) is 5.92 Å². The zero-order valence-electron chi connectivity index (χ0n) is 11.2. The Hall–Kier alpha value is -0.720. The number of aliphatic hydroxyl groups is 1. The molecule has 1 aliphatic carbocycles. The first-order chi connectivity index (χ1) is 9.18. The molecule has 1 saturated carbocycles. The van der Waals surface area contributed by atoms with E-state index in [1.54, 1.807) is 6.20 Å². The van der Waals surface area contributed by atoms with E-state index in [2.05, 4.69) is 31.2 Å². The molecule has 2 N–H and O–H groups in total. The van der Waals surface area contributed by atoms with Crippen LogP contribution in [0, 0.1) is 5.92 Å². The molecule has 1 heterocycles. The van der Waals surface area contributed by atoms with Crippen molar-refractivity contribution in [3.05, 3.63) is 17.0 Å². The van der Waals surface area contributed by atoms with Crippen LogP contribution in [0.5, 0.6) is 0 Å². The number of hydrogen-bond acceptors (Lipinski definition) is 5. The zero-order chi connectivity index (χ0) is 13.7. The highest BCUT2D eigenvalue weighted by Gasteiger charge is 2.27. The van der Waals surface area contributed by atoms with Gasteiger partial charge in [-0.25, -0.2) is 9.97 Å². The Morgan fingerprint density at radius 1 is 1.58 bits per heavy atom. The Kier molecular flexibility index (Phi) is 5.54. The molecule has 1 unspecified atom stereocenters. The maximum absolute atomic E-state index is 10.1. The average molecular weight is 329 g/mol. The number of anilines is 1. The second-order valence-electron chi connectivity index (χ2n) is 5.08. The Morgan fingerprint density at radius 2 is 2.37 bits per heavy atom. The summed E-state index contributed by atoms with van der Waals surface area (Å²) < 4.78 is 0.873. The first kappa shape index (κ1) is 14.7. The Balaban J connectivity index is 1.65. The summed E-state index contributed by atoms with van der Waals surface area (Å²) in [6.07, 6.45) is 7.53. The molecular weight excluding hydrogens is 308 g/mol. The molecule has 6 heteroatoms. The number of hydrogen-bond donors (Lipinski definition) is 2. The number of rotatable bonds is 7. The molecule has 1 aliphatic rings. The first-order valence-electron chi connectivity index (χ1n) is 6.76. The van der Waals surface area contributed by atoms with Crippen LogP contribution in [0.2, 0.25) is 0 Å². The summed E-state index contributed by atoms with van der Waals surface area (Å²) in [7, 11) is 1.99. The third kappa shape index (κ3) is 4.12. The fraction of sp³-hybridized carbons (Fsp3) is 0.692. The van der Waals surface area contributed by atoms with Crippen molar-refractivity contribution >= 4 is 21.7 Å². The lowest BCUT2D eigenvalue weighted by Crippen LogP contribution is -2.41. The summed E-state index contributed by atoms with van der Waals surface area (Å²) >= 11 is 3.40. The number of aromatic nitrogens is 2. The lowest BCUT2D eigenvalue weighted by molar-refractivity contribution is -0.0508. The predicted octanol–water partition coefficient (Wildman–Crippen LogP) is 2.09. The summed E-state index contributed by atoms with van der Waals surface area (Å²) in [4.78, 5) is 10.1. The second-order valence-corrected chi connectivity index (χ2v) is 5.94. The SMILES string of the molecule is CN(CCCNc1ncncc1Br)C(O)C1CCC1. The zero-order valence-corrected chi connectivity index (χ0v) is 12.8. The van der Waals surface area contributed by atoms with Gasteiger partial charge in [-0.1, -0.05) is 6.42 Å². The number of nitrogens with zero attached hydrogens (tertiary/aromatic N) is 3. The highest BCUT2D eigenvalue weighted by molar-refractivity contribution is 9.10. The lowest BCUT2D eigenvalue weighted by atomic mass is 9.83. The van der Waals surface area contributed by atoms with Crippen LogP contribution in [-0.2, 0) is 0 Å². The van der Waals surface area contributed by atoms with Gasteiger partial charge in [-0.2, -0.15) is 0 Å². The highest BCUT2D eigenvalue weighted by Crippen LogP contribution is 2.30. The molecule has 0 aliphatic heterocycles. The van der Waals surface area contributed by atoms with Crippen LogP contribution in [0.3, 0.4) is 0 Å². The molecule has 106 valence electrons. The summed E-state index contributed by atoms with van der Waals surface area (Å²) in [6, 6.07) is 0. The van der Waals surface area contributed by atoms with Crippen LogP contribution in [-0.4, -0.2) is 46.3 Å². The first-order valence-corrected chi connectivity index (χ1v) is 7.55. The molecule has 1 aromatic rings. The van der Waals surface area contributed by atoms with E-state index in [9.17, 15) is 5.11 Å². The van der Waals surface area contributed by atoms with Gasteiger partial charge in [-0.15, -0.1) is 0 Å². The van der Waals surface area contributed by atoms with Crippen LogP contribution in [0.25, 0.3) is 0 Å².